The highest BCUT2D eigenvalue weighted by Crippen LogP contribution is 2.32. The van der Waals surface area contributed by atoms with Crippen molar-refractivity contribution in [2.24, 2.45) is 0 Å². The normalized spacial score (nSPS) is 15.8. The fourth-order valence-electron chi connectivity index (χ4n) is 2.54. The molecule has 3 rings (SSSR count). The lowest BCUT2D eigenvalue weighted by Crippen LogP contribution is -2.24. The minimum atomic E-state index is 0.0698. The van der Waals surface area contributed by atoms with Crippen LogP contribution in [-0.2, 0) is 0 Å². The Balaban J connectivity index is 1.84. The minimum Gasteiger partial charge on any atom is -0.507 e. The molecule has 112 valence electrons. The number of phenolic OH excluding ortho intramolecular Hbond substituents is 1. The number of aromatic nitrogens is 2. The first kappa shape index (κ1) is 13.7. The molecule has 0 unspecified atom stereocenters. The van der Waals surface area contributed by atoms with Gasteiger partial charge in [0.25, 0.3) is 11.8 Å². The Morgan fingerprint density at radius 1 is 1.19 bits per heavy atom. The topological polar surface area (TPSA) is 71.6 Å². The van der Waals surface area contributed by atoms with Gasteiger partial charge in [-0.1, -0.05) is 12.8 Å². The third-order valence-electron chi connectivity index (χ3n) is 3.74. The van der Waals surface area contributed by atoms with Gasteiger partial charge in [-0.05, 0) is 30.1 Å². The number of rotatable bonds is 3. The molecular formula is C15H19N3O3. The van der Waals surface area contributed by atoms with Gasteiger partial charge in [0.15, 0.2) is 0 Å². The molecule has 1 N–H and O–H groups in total. The lowest BCUT2D eigenvalue weighted by molar-refractivity contribution is 0.405. The SMILES string of the molecule is COc1ccc(-c2nc(N3CCCCCC3)no2)c(O)c1. The Morgan fingerprint density at radius 2 is 1.95 bits per heavy atom. The van der Waals surface area contributed by atoms with E-state index >= 15 is 0 Å². The lowest BCUT2D eigenvalue weighted by Gasteiger charge is -2.16. The molecule has 0 radical (unpaired) electrons. The van der Waals surface area contributed by atoms with E-state index in [4.69, 9.17) is 9.26 Å². The van der Waals surface area contributed by atoms with Gasteiger partial charge in [-0.3, -0.25) is 0 Å². The van der Waals surface area contributed by atoms with E-state index in [9.17, 15) is 5.11 Å². The largest absolute Gasteiger partial charge is 0.507 e. The molecule has 0 bridgehead atoms. The van der Waals surface area contributed by atoms with Crippen LogP contribution in [0, 0.1) is 0 Å². The van der Waals surface area contributed by atoms with E-state index in [0.717, 1.165) is 25.9 Å². The van der Waals surface area contributed by atoms with E-state index in [2.05, 4.69) is 15.0 Å². The van der Waals surface area contributed by atoms with Gasteiger partial charge in [0.05, 0.1) is 12.7 Å². The first-order valence-corrected chi connectivity index (χ1v) is 7.24. The second-order valence-electron chi connectivity index (χ2n) is 5.18. The highest BCUT2D eigenvalue weighted by Gasteiger charge is 2.18. The fraction of sp³-hybridized carbons (Fsp3) is 0.467. The summed E-state index contributed by atoms with van der Waals surface area (Å²) in [6, 6.07) is 5.00. The summed E-state index contributed by atoms with van der Waals surface area (Å²) in [5.41, 5.74) is 0.518. The smallest absolute Gasteiger partial charge is 0.266 e. The molecule has 0 amide bonds. The number of ether oxygens (including phenoxy) is 1. The van der Waals surface area contributed by atoms with Gasteiger partial charge in [0.2, 0.25) is 0 Å². The summed E-state index contributed by atoms with van der Waals surface area (Å²) < 4.78 is 10.4. The summed E-state index contributed by atoms with van der Waals surface area (Å²) in [6.45, 7) is 1.90. The summed E-state index contributed by atoms with van der Waals surface area (Å²) in [6.07, 6.45) is 4.80. The average molecular weight is 289 g/mol. The van der Waals surface area contributed by atoms with Gasteiger partial charge in [0.1, 0.15) is 11.5 Å². The molecule has 0 saturated carbocycles. The molecule has 1 aliphatic heterocycles. The summed E-state index contributed by atoms with van der Waals surface area (Å²) in [4.78, 5) is 6.55. The van der Waals surface area contributed by atoms with E-state index in [0.29, 0.717) is 23.2 Å². The third kappa shape index (κ3) is 2.94. The molecule has 2 aromatic rings. The molecule has 0 spiro atoms. The Hall–Kier alpha value is -2.24. The monoisotopic (exact) mass is 289 g/mol. The first-order chi connectivity index (χ1) is 10.3. The van der Waals surface area contributed by atoms with Gasteiger partial charge < -0.3 is 19.3 Å². The third-order valence-corrected chi connectivity index (χ3v) is 3.74. The second kappa shape index (κ2) is 6.03. The number of aromatic hydroxyl groups is 1. The Kier molecular flexibility index (Phi) is 3.94. The number of hydrogen-bond donors (Lipinski definition) is 1. The van der Waals surface area contributed by atoms with Gasteiger partial charge in [-0.25, -0.2) is 0 Å². The van der Waals surface area contributed by atoms with Crippen molar-refractivity contribution in [1.29, 1.82) is 0 Å². The molecule has 6 nitrogen and oxygen atoms in total. The number of anilines is 1. The summed E-state index contributed by atoms with van der Waals surface area (Å²) in [5, 5.41) is 14.1. The minimum absolute atomic E-state index is 0.0698. The van der Waals surface area contributed by atoms with Crippen molar-refractivity contribution in [2.45, 2.75) is 25.7 Å². The van der Waals surface area contributed by atoms with Crippen molar-refractivity contribution < 1.29 is 14.4 Å². The molecular weight excluding hydrogens is 270 g/mol. The zero-order chi connectivity index (χ0) is 14.7. The number of phenols is 1. The number of hydrogen-bond acceptors (Lipinski definition) is 6. The van der Waals surface area contributed by atoms with Crippen molar-refractivity contribution in [3.05, 3.63) is 18.2 Å². The van der Waals surface area contributed by atoms with E-state index in [-0.39, 0.29) is 5.75 Å². The molecule has 21 heavy (non-hydrogen) atoms. The van der Waals surface area contributed by atoms with Crippen molar-refractivity contribution in [3.63, 3.8) is 0 Å². The van der Waals surface area contributed by atoms with Gasteiger partial charge in [-0.2, -0.15) is 4.98 Å². The van der Waals surface area contributed by atoms with Crippen LogP contribution in [0.4, 0.5) is 5.95 Å². The summed E-state index contributed by atoms with van der Waals surface area (Å²) in [7, 11) is 1.55. The fourth-order valence-corrected chi connectivity index (χ4v) is 2.54. The highest BCUT2D eigenvalue weighted by atomic mass is 16.5. The van der Waals surface area contributed by atoms with Gasteiger partial charge in [0, 0.05) is 19.2 Å². The van der Waals surface area contributed by atoms with Crippen LogP contribution in [0.25, 0.3) is 11.5 Å². The quantitative estimate of drug-likeness (QED) is 0.936. The van der Waals surface area contributed by atoms with E-state index < -0.39 is 0 Å². The molecule has 6 heteroatoms. The van der Waals surface area contributed by atoms with E-state index in [1.165, 1.54) is 18.9 Å². The van der Waals surface area contributed by atoms with Gasteiger partial charge >= 0.3 is 0 Å². The maximum Gasteiger partial charge on any atom is 0.266 e. The molecule has 1 aliphatic rings. The Labute approximate surface area is 123 Å². The van der Waals surface area contributed by atoms with E-state index in [1.54, 1.807) is 19.2 Å². The summed E-state index contributed by atoms with van der Waals surface area (Å²) >= 11 is 0. The number of nitrogens with zero attached hydrogens (tertiary/aromatic N) is 3. The van der Waals surface area contributed by atoms with E-state index in [1.807, 2.05) is 0 Å². The van der Waals surface area contributed by atoms with Crippen molar-refractivity contribution in [2.75, 3.05) is 25.1 Å². The maximum atomic E-state index is 10.0. The highest BCUT2D eigenvalue weighted by molar-refractivity contribution is 5.64. The molecule has 1 aromatic heterocycles. The van der Waals surface area contributed by atoms with Crippen LogP contribution in [0.2, 0.25) is 0 Å². The predicted molar refractivity (Wildman–Crippen MR) is 78.6 cm³/mol. The average Bonchev–Trinajstić information content (AvgIpc) is 2.82. The molecule has 1 fully saturated rings. The van der Waals surface area contributed by atoms with Crippen molar-refractivity contribution in [1.82, 2.24) is 10.1 Å². The molecule has 2 heterocycles. The van der Waals surface area contributed by atoms with Crippen LogP contribution in [0.3, 0.4) is 0 Å². The first-order valence-electron chi connectivity index (χ1n) is 7.24. The molecule has 1 aromatic carbocycles. The zero-order valence-corrected chi connectivity index (χ0v) is 12.1. The summed E-state index contributed by atoms with van der Waals surface area (Å²) in [5.74, 6) is 1.58. The predicted octanol–water partition coefficient (Wildman–Crippen LogP) is 2.83. The second-order valence-corrected chi connectivity index (χ2v) is 5.18. The van der Waals surface area contributed by atoms with Gasteiger partial charge in [-0.15, -0.1) is 0 Å². The zero-order valence-electron chi connectivity index (χ0n) is 12.1. The molecule has 1 saturated heterocycles. The van der Waals surface area contributed by atoms with Crippen LogP contribution in [0.5, 0.6) is 11.5 Å². The van der Waals surface area contributed by atoms with Crippen molar-refractivity contribution in [3.8, 4) is 23.0 Å². The maximum absolute atomic E-state index is 10.0. The van der Waals surface area contributed by atoms with Crippen LogP contribution in [0.15, 0.2) is 22.7 Å². The number of methoxy groups -OCH3 is 1. The van der Waals surface area contributed by atoms with Crippen LogP contribution in [-0.4, -0.2) is 35.4 Å². The lowest BCUT2D eigenvalue weighted by atomic mass is 10.2. The van der Waals surface area contributed by atoms with Crippen molar-refractivity contribution >= 4 is 5.95 Å². The molecule has 0 atom stereocenters. The number of benzene rings is 1. The Bertz CT molecular complexity index is 604. The van der Waals surface area contributed by atoms with Crippen LogP contribution >= 0.6 is 0 Å². The van der Waals surface area contributed by atoms with Crippen LogP contribution in [0.1, 0.15) is 25.7 Å². The molecule has 0 aliphatic carbocycles. The van der Waals surface area contributed by atoms with Crippen LogP contribution < -0.4 is 9.64 Å². The Morgan fingerprint density at radius 3 is 2.62 bits per heavy atom. The standard InChI is InChI=1S/C15H19N3O3/c1-20-11-6-7-12(13(19)10-11)14-16-15(17-21-14)18-8-4-2-3-5-9-18/h6-7,10,19H,2-5,8-9H2,1H3.